The summed E-state index contributed by atoms with van der Waals surface area (Å²) in [6, 6.07) is 6.74. The number of aromatic hydroxyl groups is 1. The molecule has 2 heterocycles. The van der Waals surface area contributed by atoms with Gasteiger partial charge in [-0.2, -0.15) is 0 Å². The molecule has 0 spiro atoms. The molecule has 1 amide bonds. The zero-order chi connectivity index (χ0) is 19.5. The average molecular weight is 366 g/mol. The minimum atomic E-state index is -0.774. The molecule has 0 saturated carbocycles. The van der Waals surface area contributed by atoms with Gasteiger partial charge in [-0.15, -0.1) is 0 Å². The number of H-pyrrole nitrogens is 1. The van der Waals surface area contributed by atoms with E-state index < -0.39 is 17.5 Å². The number of hydrogen-bond acceptors (Lipinski definition) is 2. The fourth-order valence-electron chi connectivity index (χ4n) is 3.44. The largest absolute Gasteiger partial charge is 0.494 e. The van der Waals surface area contributed by atoms with E-state index >= 15 is 0 Å². The normalized spacial score (nSPS) is 13.1. The first-order chi connectivity index (χ1) is 12.8. The molecule has 3 aromatic rings. The summed E-state index contributed by atoms with van der Waals surface area (Å²) in [5.74, 6) is -2.37. The molecule has 0 atom stereocenters. The average Bonchev–Trinajstić information content (AvgIpc) is 3.10. The Morgan fingerprint density at radius 3 is 2.07 bits per heavy atom. The van der Waals surface area contributed by atoms with Crippen molar-refractivity contribution in [3.05, 3.63) is 75.3 Å². The van der Waals surface area contributed by atoms with Crippen molar-refractivity contribution in [1.82, 2.24) is 4.98 Å². The molecule has 0 fully saturated rings. The van der Waals surface area contributed by atoms with E-state index in [9.17, 15) is 18.7 Å². The number of nitrogens with zero attached hydrogens (tertiary/aromatic N) is 1. The van der Waals surface area contributed by atoms with Crippen molar-refractivity contribution in [2.75, 3.05) is 0 Å². The molecule has 6 heteroatoms. The van der Waals surface area contributed by atoms with E-state index in [0.717, 1.165) is 34.9 Å². The number of aryl methyl sites for hydroxylation is 2. The second-order valence-electron chi connectivity index (χ2n) is 6.76. The molecule has 4 nitrogen and oxygen atoms in total. The number of halogens is 2. The van der Waals surface area contributed by atoms with Crippen molar-refractivity contribution in [3.8, 4) is 17.1 Å². The first-order valence-electron chi connectivity index (χ1n) is 8.39. The van der Waals surface area contributed by atoms with E-state index in [0.29, 0.717) is 11.3 Å². The fourth-order valence-corrected chi connectivity index (χ4v) is 3.44. The lowest BCUT2D eigenvalue weighted by atomic mass is 9.95. The van der Waals surface area contributed by atoms with E-state index in [1.165, 1.54) is 0 Å². The summed E-state index contributed by atoms with van der Waals surface area (Å²) in [5.41, 5.74) is 4.90. The molecule has 0 bridgehead atoms. The Labute approximate surface area is 154 Å². The number of carbonyl (C=O) groups is 1. The van der Waals surface area contributed by atoms with E-state index in [4.69, 9.17) is 0 Å². The Balaban J connectivity index is 1.91. The monoisotopic (exact) mass is 366 g/mol. The summed E-state index contributed by atoms with van der Waals surface area (Å²) in [7, 11) is 0. The molecular weight excluding hydrogens is 350 g/mol. The van der Waals surface area contributed by atoms with Crippen LogP contribution in [0.15, 0.2) is 35.3 Å². The highest BCUT2D eigenvalue weighted by molar-refractivity contribution is 6.30. The molecule has 27 heavy (non-hydrogen) atoms. The van der Waals surface area contributed by atoms with E-state index in [1.807, 2.05) is 32.9 Å². The van der Waals surface area contributed by atoms with Gasteiger partial charge in [-0.25, -0.2) is 13.8 Å². The van der Waals surface area contributed by atoms with Gasteiger partial charge in [-0.3, -0.25) is 4.79 Å². The molecule has 0 aliphatic carbocycles. The molecule has 1 aromatic heterocycles. The highest BCUT2D eigenvalue weighted by Crippen LogP contribution is 2.38. The van der Waals surface area contributed by atoms with Crippen LogP contribution in [0.1, 0.15) is 38.2 Å². The molecule has 136 valence electrons. The van der Waals surface area contributed by atoms with Crippen molar-refractivity contribution < 1.29 is 18.7 Å². The first kappa shape index (κ1) is 17.1. The van der Waals surface area contributed by atoms with Gasteiger partial charge < -0.3 is 10.1 Å². The number of carbonyl (C=O) groups excluding carboxylic acids is 1. The molecule has 1 aliphatic heterocycles. The Kier molecular flexibility index (Phi) is 3.73. The van der Waals surface area contributed by atoms with Crippen LogP contribution in [-0.2, 0) is 0 Å². The molecule has 1 aliphatic rings. The third-order valence-electron chi connectivity index (χ3n) is 5.00. The number of aromatic amines is 1. The molecule has 4 rings (SSSR count). The van der Waals surface area contributed by atoms with Gasteiger partial charge in [0.1, 0.15) is 11.6 Å². The number of benzene rings is 2. The van der Waals surface area contributed by atoms with Gasteiger partial charge in [0.15, 0.2) is 5.88 Å². The van der Waals surface area contributed by atoms with Gasteiger partial charge in [-0.1, -0.05) is 0 Å². The molecule has 0 unspecified atom stereocenters. The highest BCUT2D eigenvalue weighted by atomic mass is 19.1. The zero-order valence-electron chi connectivity index (χ0n) is 14.9. The summed E-state index contributed by atoms with van der Waals surface area (Å²) < 4.78 is 27.2. The Morgan fingerprint density at radius 1 is 0.889 bits per heavy atom. The van der Waals surface area contributed by atoms with Crippen molar-refractivity contribution in [2.24, 2.45) is 4.99 Å². The van der Waals surface area contributed by atoms with Crippen LogP contribution in [0.3, 0.4) is 0 Å². The van der Waals surface area contributed by atoms with Crippen LogP contribution in [0.4, 0.5) is 8.78 Å². The molecule has 0 radical (unpaired) electrons. The fraction of sp³-hybridized carbons (Fsp3) is 0.143. The SMILES string of the molecule is Cc1cc(C2=NC(=O)c3c(-c4cc(F)cc(F)c4)[nH]c(O)c32)cc(C)c1C. The third kappa shape index (κ3) is 2.65. The van der Waals surface area contributed by atoms with Gasteiger partial charge >= 0.3 is 0 Å². The summed E-state index contributed by atoms with van der Waals surface area (Å²) in [6.07, 6.45) is 0. The smallest absolute Gasteiger partial charge is 0.280 e. The second-order valence-corrected chi connectivity index (χ2v) is 6.76. The lowest BCUT2D eigenvalue weighted by Crippen LogP contribution is -2.02. The van der Waals surface area contributed by atoms with E-state index in [2.05, 4.69) is 9.98 Å². The number of hydrogen-bond donors (Lipinski definition) is 2. The minimum absolute atomic E-state index is 0.114. The standard InChI is InChI=1S/C21H16F2N2O2/c1-9-4-12(5-10(2)11(9)3)18-16-17(21(27)24-18)19(25-20(16)26)13-6-14(22)8-15(23)7-13/h4-8,25-26H,1-3H3. The molecule has 2 aromatic carbocycles. The van der Waals surface area contributed by atoms with Gasteiger partial charge in [-0.05, 0) is 61.7 Å². The number of fused-ring (bicyclic) bond motifs is 1. The predicted molar refractivity (Wildman–Crippen MR) is 98.4 cm³/mol. The van der Waals surface area contributed by atoms with E-state index in [1.54, 1.807) is 0 Å². The van der Waals surface area contributed by atoms with Gasteiger partial charge in [0.2, 0.25) is 0 Å². The van der Waals surface area contributed by atoms with Crippen LogP contribution in [0.2, 0.25) is 0 Å². The van der Waals surface area contributed by atoms with Crippen molar-refractivity contribution in [3.63, 3.8) is 0 Å². The second kappa shape index (κ2) is 5.87. The summed E-state index contributed by atoms with van der Waals surface area (Å²) >= 11 is 0. The Morgan fingerprint density at radius 2 is 1.48 bits per heavy atom. The first-order valence-corrected chi connectivity index (χ1v) is 8.39. The summed E-state index contributed by atoms with van der Waals surface area (Å²) in [6.45, 7) is 5.93. The van der Waals surface area contributed by atoms with Crippen LogP contribution >= 0.6 is 0 Å². The summed E-state index contributed by atoms with van der Waals surface area (Å²) in [4.78, 5) is 19.3. The Hall–Kier alpha value is -3.28. The maximum Gasteiger partial charge on any atom is 0.280 e. The highest BCUT2D eigenvalue weighted by Gasteiger charge is 2.33. The zero-order valence-corrected chi connectivity index (χ0v) is 14.9. The Bertz CT molecular complexity index is 1120. The number of aromatic nitrogens is 1. The third-order valence-corrected chi connectivity index (χ3v) is 5.00. The molecular formula is C21H16F2N2O2. The van der Waals surface area contributed by atoms with Gasteiger partial charge in [0.05, 0.1) is 22.5 Å². The number of nitrogens with one attached hydrogen (secondary N) is 1. The van der Waals surface area contributed by atoms with E-state index in [-0.39, 0.29) is 28.3 Å². The van der Waals surface area contributed by atoms with Crippen LogP contribution < -0.4 is 0 Å². The van der Waals surface area contributed by atoms with Crippen LogP contribution in [0.5, 0.6) is 5.88 Å². The maximum atomic E-state index is 13.6. The number of aliphatic imine (C=N–C) groups is 1. The predicted octanol–water partition coefficient (Wildman–Crippen LogP) is 4.58. The van der Waals surface area contributed by atoms with Gasteiger partial charge in [0.25, 0.3) is 5.91 Å². The minimum Gasteiger partial charge on any atom is -0.494 e. The van der Waals surface area contributed by atoms with Crippen LogP contribution in [0.25, 0.3) is 11.3 Å². The summed E-state index contributed by atoms with van der Waals surface area (Å²) in [5, 5.41) is 10.4. The van der Waals surface area contributed by atoms with Crippen LogP contribution in [0, 0.1) is 32.4 Å². The maximum absolute atomic E-state index is 13.6. The van der Waals surface area contributed by atoms with Crippen molar-refractivity contribution in [1.29, 1.82) is 0 Å². The quantitative estimate of drug-likeness (QED) is 0.697. The van der Waals surface area contributed by atoms with Crippen molar-refractivity contribution >= 4 is 11.6 Å². The lowest BCUT2D eigenvalue weighted by molar-refractivity contribution is 0.101. The number of amides is 1. The lowest BCUT2D eigenvalue weighted by Gasteiger charge is -2.09. The number of rotatable bonds is 2. The van der Waals surface area contributed by atoms with Gasteiger partial charge in [0, 0.05) is 17.2 Å². The topological polar surface area (TPSA) is 65.5 Å². The molecule has 0 saturated heterocycles. The van der Waals surface area contributed by atoms with Crippen molar-refractivity contribution in [2.45, 2.75) is 20.8 Å². The van der Waals surface area contributed by atoms with Crippen LogP contribution in [-0.4, -0.2) is 21.7 Å². The molecule has 2 N–H and O–H groups in total.